The van der Waals surface area contributed by atoms with E-state index in [1.807, 2.05) is 6.92 Å². The van der Waals surface area contributed by atoms with Crippen LogP contribution in [0, 0.1) is 13.8 Å². The van der Waals surface area contributed by atoms with Crippen molar-refractivity contribution in [3.05, 3.63) is 15.6 Å². The minimum Gasteiger partial charge on any atom is -0.392 e. The van der Waals surface area contributed by atoms with Crippen molar-refractivity contribution >= 4 is 23.1 Å². The molecule has 1 rings (SSSR count). The molecule has 0 saturated heterocycles. The Hall–Kier alpha value is -0.0600. The fourth-order valence-electron chi connectivity index (χ4n) is 1.19. The summed E-state index contributed by atoms with van der Waals surface area (Å²) in [5, 5.41) is 11.4. The summed E-state index contributed by atoms with van der Waals surface area (Å²) < 4.78 is 0. The summed E-state index contributed by atoms with van der Waals surface area (Å²) in [4.78, 5) is 5.68. The van der Waals surface area contributed by atoms with E-state index >= 15 is 0 Å². The van der Waals surface area contributed by atoms with Crippen LogP contribution in [0.3, 0.4) is 0 Å². The Kier molecular flexibility index (Phi) is 5.09. The lowest BCUT2D eigenvalue weighted by molar-refractivity contribution is 0.200. The number of thioether (sulfide) groups is 1. The number of hydrogen-bond donors (Lipinski definition) is 1. The SMILES string of the molecule is Cc1nc(CC(O)CSC(C)C)sc1C. The number of nitrogens with zero attached hydrogens (tertiary/aromatic N) is 1. The molecule has 2 nitrogen and oxygen atoms in total. The van der Waals surface area contributed by atoms with Crippen molar-refractivity contribution < 1.29 is 5.11 Å². The van der Waals surface area contributed by atoms with E-state index in [0.29, 0.717) is 11.7 Å². The molecule has 0 radical (unpaired) electrons. The van der Waals surface area contributed by atoms with Crippen molar-refractivity contribution in [2.75, 3.05) is 5.75 Å². The van der Waals surface area contributed by atoms with Crippen LogP contribution >= 0.6 is 23.1 Å². The Morgan fingerprint density at radius 1 is 1.40 bits per heavy atom. The molecule has 0 amide bonds. The Morgan fingerprint density at radius 3 is 2.53 bits per heavy atom. The van der Waals surface area contributed by atoms with Crippen LogP contribution in [0.1, 0.15) is 29.4 Å². The fraction of sp³-hybridized carbons (Fsp3) is 0.727. The third-order valence-electron chi connectivity index (χ3n) is 2.11. The molecule has 1 aromatic rings. The van der Waals surface area contributed by atoms with E-state index in [2.05, 4.69) is 25.8 Å². The Balaban J connectivity index is 2.40. The molecule has 0 spiro atoms. The first-order valence-corrected chi connectivity index (χ1v) is 7.08. The number of aliphatic hydroxyl groups is 1. The Bertz CT molecular complexity index is 290. The summed E-state index contributed by atoms with van der Waals surface area (Å²) in [6.07, 6.45) is 0.432. The molecule has 1 aromatic heterocycles. The van der Waals surface area contributed by atoms with Gasteiger partial charge in [-0.1, -0.05) is 13.8 Å². The zero-order chi connectivity index (χ0) is 11.4. The van der Waals surface area contributed by atoms with Gasteiger partial charge in [0.1, 0.15) is 0 Å². The third-order valence-corrected chi connectivity index (χ3v) is 4.44. The standard InChI is InChI=1S/C11H19NOS2/c1-7(2)14-6-10(13)5-11-12-8(3)9(4)15-11/h7,10,13H,5-6H2,1-4H3. The maximum atomic E-state index is 9.80. The maximum absolute atomic E-state index is 9.80. The second-order valence-corrected chi connectivity index (χ2v) is 6.89. The molecular formula is C11H19NOS2. The summed E-state index contributed by atoms with van der Waals surface area (Å²) in [5.74, 6) is 0.801. The van der Waals surface area contributed by atoms with Crippen LogP contribution in [0.5, 0.6) is 0 Å². The molecule has 0 saturated carbocycles. The first-order valence-electron chi connectivity index (χ1n) is 5.21. The van der Waals surface area contributed by atoms with Gasteiger partial charge in [-0.3, -0.25) is 0 Å². The van der Waals surface area contributed by atoms with Crippen molar-refractivity contribution in [2.24, 2.45) is 0 Å². The first kappa shape index (κ1) is 13.0. The van der Waals surface area contributed by atoms with Gasteiger partial charge >= 0.3 is 0 Å². The van der Waals surface area contributed by atoms with Gasteiger partial charge in [0.2, 0.25) is 0 Å². The lowest BCUT2D eigenvalue weighted by Crippen LogP contribution is -2.14. The Morgan fingerprint density at radius 2 is 2.07 bits per heavy atom. The van der Waals surface area contributed by atoms with Gasteiger partial charge in [0, 0.05) is 17.1 Å². The number of aryl methyl sites for hydroxylation is 2. The van der Waals surface area contributed by atoms with Gasteiger partial charge in [-0.25, -0.2) is 4.98 Å². The summed E-state index contributed by atoms with van der Waals surface area (Å²) in [7, 11) is 0. The predicted octanol–water partition coefficient (Wildman–Crippen LogP) is 2.80. The second kappa shape index (κ2) is 5.87. The van der Waals surface area contributed by atoms with E-state index in [0.717, 1.165) is 16.5 Å². The van der Waals surface area contributed by atoms with Crippen LogP contribution in [0.2, 0.25) is 0 Å². The topological polar surface area (TPSA) is 33.1 Å². The highest BCUT2D eigenvalue weighted by molar-refractivity contribution is 7.99. The highest BCUT2D eigenvalue weighted by Gasteiger charge is 2.11. The first-order chi connectivity index (χ1) is 6.99. The molecule has 1 N–H and O–H groups in total. The molecule has 0 aliphatic rings. The lowest BCUT2D eigenvalue weighted by atomic mass is 10.3. The van der Waals surface area contributed by atoms with Gasteiger partial charge in [0.25, 0.3) is 0 Å². The van der Waals surface area contributed by atoms with Crippen molar-refractivity contribution in [1.29, 1.82) is 0 Å². The smallest absolute Gasteiger partial charge is 0.0956 e. The van der Waals surface area contributed by atoms with E-state index < -0.39 is 0 Å². The fourth-order valence-corrected chi connectivity index (χ4v) is 2.92. The quantitative estimate of drug-likeness (QED) is 0.866. The number of aromatic nitrogens is 1. The van der Waals surface area contributed by atoms with E-state index in [-0.39, 0.29) is 6.10 Å². The number of hydrogen-bond acceptors (Lipinski definition) is 4. The van der Waals surface area contributed by atoms with Crippen LogP contribution < -0.4 is 0 Å². The molecule has 1 heterocycles. The normalized spacial score (nSPS) is 13.5. The second-order valence-electron chi connectivity index (χ2n) is 3.99. The summed E-state index contributed by atoms with van der Waals surface area (Å²) >= 11 is 3.49. The van der Waals surface area contributed by atoms with E-state index in [4.69, 9.17) is 0 Å². The monoisotopic (exact) mass is 245 g/mol. The maximum Gasteiger partial charge on any atom is 0.0956 e. The third kappa shape index (κ3) is 4.53. The number of thiazole rings is 1. The van der Waals surface area contributed by atoms with E-state index in [1.165, 1.54) is 4.88 Å². The molecule has 0 aliphatic carbocycles. The molecule has 15 heavy (non-hydrogen) atoms. The highest BCUT2D eigenvalue weighted by Crippen LogP contribution is 2.19. The molecular weight excluding hydrogens is 226 g/mol. The highest BCUT2D eigenvalue weighted by atomic mass is 32.2. The van der Waals surface area contributed by atoms with Gasteiger partial charge in [-0.05, 0) is 19.1 Å². The molecule has 86 valence electrons. The molecule has 0 fully saturated rings. The van der Waals surface area contributed by atoms with Gasteiger partial charge in [-0.15, -0.1) is 11.3 Å². The number of rotatable bonds is 5. The molecule has 1 atom stereocenters. The molecule has 1 unspecified atom stereocenters. The summed E-state index contributed by atoms with van der Waals surface area (Å²) in [6, 6.07) is 0. The zero-order valence-corrected chi connectivity index (χ0v) is 11.4. The van der Waals surface area contributed by atoms with Gasteiger partial charge in [0.15, 0.2) is 0 Å². The Labute approximate surface area is 100 Å². The van der Waals surface area contributed by atoms with Crippen LogP contribution in [0.25, 0.3) is 0 Å². The molecule has 0 aromatic carbocycles. The van der Waals surface area contributed by atoms with Gasteiger partial charge < -0.3 is 5.11 Å². The molecule has 0 aliphatic heterocycles. The van der Waals surface area contributed by atoms with Crippen LogP contribution in [0.4, 0.5) is 0 Å². The van der Waals surface area contributed by atoms with Crippen molar-refractivity contribution in [2.45, 2.75) is 45.5 Å². The van der Waals surface area contributed by atoms with Crippen molar-refractivity contribution in [3.63, 3.8) is 0 Å². The summed E-state index contributed by atoms with van der Waals surface area (Å²) in [5.41, 5.74) is 1.10. The van der Waals surface area contributed by atoms with Gasteiger partial charge in [0.05, 0.1) is 16.8 Å². The van der Waals surface area contributed by atoms with Crippen LogP contribution in [-0.2, 0) is 6.42 Å². The molecule has 4 heteroatoms. The average molecular weight is 245 g/mol. The zero-order valence-electron chi connectivity index (χ0n) is 9.78. The summed E-state index contributed by atoms with van der Waals surface area (Å²) in [6.45, 7) is 8.39. The largest absolute Gasteiger partial charge is 0.392 e. The van der Waals surface area contributed by atoms with Crippen LogP contribution in [-0.4, -0.2) is 27.2 Å². The minimum atomic E-state index is -0.262. The average Bonchev–Trinajstić information content (AvgIpc) is 2.42. The predicted molar refractivity (Wildman–Crippen MR) is 68.9 cm³/mol. The number of aliphatic hydroxyl groups excluding tert-OH is 1. The van der Waals surface area contributed by atoms with Crippen molar-refractivity contribution in [1.82, 2.24) is 4.98 Å². The van der Waals surface area contributed by atoms with Crippen molar-refractivity contribution in [3.8, 4) is 0 Å². The lowest BCUT2D eigenvalue weighted by Gasteiger charge is -2.10. The van der Waals surface area contributed by atoms with Crippen LogP contribution in [0.15, 0.2) is 0 Å². The minimum absolute atomic E-state index is 0.262. The van der Waals surface area contributed by atoms with E-state index in [9.17, 15) is 5.11 Å². The molecule has 0 bridgehead atoms. The van der Waals surface area contributed by atoms with Gasteiger partial charge in [-0.2, -0.15) is 11.8 Å². The van der Waals surface area contributed by atoms with E-state index in [1.54, 1.807) is 23.1 Å².